The van der Waals surface area contributed by atoms with Gasteiger partial charge in [0.2, 0.25) is 0 Å². The Hall–Kier alpha value is -2.82. The zero-order valence-electron chi connectivity index (χ0n) is 10.1. The summed E-state index contributed by atoms with van der Waals surface area (Å²) in [6, 6.07) is 10.1. The number of ketones is 1. The van der Waals surface area contributed by atoms with Gasteiger partial charge in [0.05, 0.1) is 18.2 Å². The second-order valence-electron chi connectivity index (χ2n) is 3.98. The summed E-state index contributed by atoms with van der Waals surface area (Å²) in [5.74, 6) is -0.696. The van der Waals surface area contributed by atoms with Crippen molar-refractivity contribution >= 4 is 23.1 Å². The van der Waals surface area contributed by atoms with Crippen molar-refractivity contribution in [3.63, 3.8) is 0 Å². The van der Waals surface area contributed by atoms with Gasteiger partial charge < -0.3 is 5.11 Å². The van der Waals surface area contributed by atoms with Crippen LogP contribution in [0.5, 0.6) is 5.75 Å². The standard InChI is InChI=1S/C15H7ClN2O2/c1-18-12-5-9(8-17)4-10(6-12)15(20)13-7-11(16)2-3-14(13)19/h2-7,19H. The third-order valence-electron chi connectivity index (χ3n) is 2.64. The minimum Gasteiger partial charge on any atom is -0.507 e. The fraction of sp³-hybridized carbons (Fsp3) is 0. The smallest absolute Gasteiger partial charge is 0.195 e. The molecule has 2 aromatic rings. The SMILES string of the molecule is [C-]#[N+]c1cc(C#N)cc(C(=O)c2cc(Cl)ccc2O)c1. The number of benzene rings is 2. The molecule has 4 nitrogen and oxygen atoms in total. The minimum absolute atomic E-state index is 0.0310. The molecule has 0 saturated heterocycles. The first-order chi connectivity index (χ1) is 9.55. The van der Waals surface area contributed by atoms with Crippen molar-refractivity contribution in [2.24, 2.45) is 0 Å². The van der Waals surface area contributed by atoms with Gasteiger partial charge in [0.25, 0.3) is 0 Å². The molecule has 0 heterocycles. The number of hydrogen-bond donors (Lipinski definition) is 1. The molecule has 0 saturated carbocycles. The molecule has 0 fully saturated rings. The second kappa shape index (κ2) is 5.44. The van der Waals surface area contributed by atoms with Crippen LogP contribution >= 0.6 is 11.6 Å². The lowest BCUT2D eigenvalue weighted by Gasteiger charge is -2.05. The van der Waals surface area contributed by atoms with Gasteiger partial charge in [0, 0.05) is 16.1 Å². The van der Waals surface area contributed by atoms with Gasteiger partial charge in [-0.15, -0.1) is 0 Å². The topological polar surface area (TPSA) is 65.5 Å². The summed E-state index contributed by atoms with van der Waals surface area (Å²) in [5.41, 5.74) is 0.591. The van der Waals surface area contributed by atoms with Gasteiger partial charge in [-0.1, -0.05) is 11.6 Å². The Balaban J connectivity index is 2.57. The van der Waals surface area contributed by atoms with Gasteiger partial charge in [-0.25, -0.2) is 4.85 Å². The maximum atomic E-state index is 12.3. The normalized spacial score (nSPS) is 9.55. The van der Waals surface area contributed by atoms with E-state index in [0.29, 0.717) is 5.02 Å². The van der Waals surface area contributed by atoms with E-state index in [9.17, 15) is 9.90 Å². The van der Waals surface area contributed by atoms with Gasteiger partial charge in [-0.3, -0.25) is 4.79 Å². The monoisotopic (exact) mass is 282 g/mol. The average Bonchev–Trinajstić information content (AvgIpc) is 2.48. The van der Waals surface area contributed by atoms with Crippen molar-refractivity contribution in [3.8, 4) is 11.8 Å². The van der Waals surface area contributed by atoms with Crippen LogP contribution in [-0.4, -0.2) is 10.9 Å². The number of aromatic hydroxyl groups is 1. The van der Waals surface area contributed by atoms with Gasteiger partial charge >= 0.3 is 0 Å². The average molecular weight is 283 g/mol. The number of phenols is 1. The molecule has 0 radical (unpaired) electrons. The molecule has 0 spiro atoms. The lowest BCUT2D eigenvalue weighted by atomic mass is 10.00. The Morgan fingerprint density at radius 3 is 2.70 bits per heavy atom. The Morgan fingerprint density at radius 2 is 2.05 bits per heavy atom. The molecular weight excluding hydrogens is 276 g/mol. The summed E-state index contributed by atoms with van der Waals surface area (Å²) in [4.78, 5) is 15.5. The van der Waals surface area contributed by atoms with E-state index in [2.05, 4.69) is 4.85 Å². The Morgan fingerprint density at radius 1 is 1.30 bits per heavy atom. The molecule has 2 aromatic carbocycles. The molecule has 0 bridgehead atoms. The van der Waals surface area contributed by atoms with Crippen molar-refractivity contribution in [2.75, 3.05) is 0 Å². The first-order valence-electron chi connectivity index (χ1n) is 5.51. The molecule has 20 heavy (non-hydrogen) atoms. The first kappa shape index (κ1) is 13.6. The highest BCUT2D eigenvalue weighted by Gasteiger charge is 2.15. The third-order valence-corrected chi connectivity index (χ3v) is 2.88. The van der Waals surface area contributed by atoms with E-state index in [4.69, 9.17) is 23.4 Å². The highest BCUT2D eigenvalue weighted by atomic mass is 35.5. The first-order valence-corrected chi connectivity index (χ1v) is 5.89. The van der Waals surface area contributed by atoms with E-state index in [1.807, 2.05) is 6.07 Å². The lowest BCUT2D eigenvalue weighted by Crippen LogP contribution is -2.02. The summed E-state index contributed by atoms with van der Waals surface area (Å²) >= 11 is 5.80. The van der Waals surface area contributed by atoms with Crippen molar-refractivity contribution in [2.45, 2.75) is 0 Å². The summed E-state index contributed by atoms with van der Waals surface area (Å²) in [7, 11) is 0. The lowest BCUT2D eigenvalue weighted by molar-refractivity contribution is 0.103. The predicted octanol–water partition coefficient (Wildman–Crippen LogP) is 3.70. The van der Waals surface area contributed by atoms with Crippen LogP contribution in [0.25, 0.3) is 4.85 Å². The zero-order chi connectivity index (χ0) is 14.7. The summed E-state index contributed by atoms with van der Waals surface area (Å²) in [5, 5.41) is 18.9. The van der Waals surface area contributed by atoms with E-state index in [0.717, 1.165) is 0 Å². The van der Waals surface area contributed by atoms with Crippen LogP contribution in [0.2, 0.25) is 5.02 Å². The fourth-order valence-electron chi connectivity index (χ4n) is 1.72. The highest BCUT2D eigenvalue weighted by Crippen LogP contribution is 2.26. The van der Waals surface area contributed by atoms with Crippen molar-refractivity contribution in [1.29, 1.82) is 5.26 Å². The van der Waals surface area contributed by atoms with E-state index in [1.165, 1.54) is 36.4 Å². The molecule has 0 unspecified atom stereocenters. The number of rotatable bonds is 2. The summed E-state index contributed by atoms with van der Waals surface area (Å²) in [6.45, 7) is 6.97. The summed E-state index contributed by atoms with van der Waals surface area (Å²) < 4.78 is 0. The quantitative estimate of drug-likeness (QED) is 0.674. The zero-order valence-corrected chi connectivity index (χ0v) is 10.8. The molecule has 0 aromatic heterocycles. The molecule has 96 valence electrons. The number of nitriles is 1. The summed E-state index contributed by atoms with van der Waals surface area (Å²) in [6.07, 6.45) is 0. The van der Waals surface area contributed by atoms with Gasteiger partial charge in [-0.2, -0.15) is 5.26 Å². The molecule has 2 rings (SSSR count). The van der Waals surface area contributed by atoms with E-state index in [-0.39, 0.29) is 28.1 Å². The molecule has 0 amide bonds. The van der Waals surface area contributed by atoms with Crippen molar-refractivity contribution < 1.29 is 9.90 Å². The Kier molecular flexibility index (Phi) is 3.70. The van der Waals surface area contributed by atoms with Gasteiger partial charge in [-0.05, 0) is 36.4 Å². The van der Waals surface area contributed by atoms with Gasteiger partial charge in [0.15, 0.2) is 11.5 Å². The Labute approximate surface area is 120 Å². The van der Waals surface area contributed by atoms with Crippen LogP contribution in [-0.2, 0) is 0 Å². The second-order valence-corrected chi connectivity index (χ2v) is 4.42. The fourth-order valence-corrected chi connectivity index (χ4v) is 1.89. The van der Waals surface area contributed by atoms with Crippen LogP contribution in [0.1, 0.15) is 21.5 Å². The van der Waals surface area contributed by atoms with E-state index in [1.54, 1.807) is 0 Å². The number of phenolic OH excluding ortho intramolecular Hbond substituents is 1. The molecule has 0 atom stereocenters. The molecule has 0 aliphatic carbocycles. The molecule has 1 N–H and O–H groups in total. The van der Waals surface area contributed by atoms with Crippen molar-refractivity contribution in [3.05, 3.63) is 69.5 Å². The third kappa shape index (κ3) is 2.61. The molecule has 0 aliphatic rings. The number of nitrogens with zero attached hydrogens (tertiary/aromatic N) is 2. The predicted molar refractivity (Wildman–Crippen MR) is 74.0 cm³/mol. The number of hydrogen-bond acceptors (Lipinski definition) is 3. The van der Waals surface area contributed by atoms with Crippen molar-refractivity contribution in [1.82, 2.24) is 0 Å². The van der Waals surface area contributed by atoms with E-state index < -0.39 is 5.78 Å². The highest BCUT2D eigenvalue weighted by molar-refractivity contribution is 6.31. The number of carbonyl (C=O) groups excluding carboxylic acids is 1. The molecule has 0 aliphatic heterocycles. The minimum atomic E-state index is -0.494. The maximum Gasteiger partial charge on any atom is 0.195 e. The van der Waals surface area contributed by atoms with Crippen LogP contribution < -0.4 is 0 Å². The number of halogens is 1. The van der Waals surface area contributed by atoms with Crippen LogP contribution in [0, 0.1) is 17.9 Å². The van der Waals surface area contributed by atoms with Crippen LogP contribution in [0.4, 0.5) is 5.69 Å². The molecular formula is C15H7ClN2O2. The largest absolute Gasteiger partial charge is 0.507 e. The molecule has 5 heteroatoms. The number of carbonyl (C=O) groups is 1. The Bertz CT molecular complexity index is 753. The van der Waals surface area contributed by atoms with E-state index >= 15 is 0 Å². The van der Waals surface area contributed by atoms with Crippen LogP contribution in [0.3, 0.4) is 0 Å². The van der Waals surface area contributed by atoms with Gasteiger partial charge in [0.1, 0.15) is 5.75 Å². The van der Waals surface area contributed by atoms with Crippen LogP contribution in [0.15, 0.2) is 36.4 Å². The maximum absolute atomic E-state index is 12.3.